The second-order valence-corrected chi connectivity index (χ2v) is 6.18. The van der Waals surface area contributed by atoms with Crippen molar-refractivity contribution in [3.8, 4) is 11.5 Å². The molecule has 2 heterocycles. The number of carbonyl (C=O) groups is 3. The van der Waals surface area contributed by atoms with Crippen LogP contribution in [0.5, 0.6) is 11.5 Å². The van der Waals surface area contributed by atoms with E-state index in [0.29, 0.717) is 31.1 Å². The molecule has 0 bridgehead atoms. The Morgan fingerprint density at radius 1 is 1.23 bits per heavy atom. The fourth-order valence-corrected chi connectivity index (χ4v) is 2.95. The Morgan fingerprint density at radius 3 is 2.58 bits per heavy atom. The smallest absolute Gasteiger partial charge is 0.417 e. The number of cyclic esters (lactones) is 1. The van der Waals surface area contributed by atoms with Crippen molar-refractivity contribution in [1.29, 1.82) is 0 Å². The van der Waals surface area contributed by atoms with Crippen molar-refractivity contribution in [2.24, 2.45) is 5.92 Å². The fourth-order valence-electron chi connectivity index (χ4n) is 2.95. The summed E-state index contributed by atoms with van der Waals surface area (Å²) >= 11 is 0. The van der Waals surface area contributed by atoms with Crippen molar-refractivity contribution in [1.82, 2.24) is 15.1 Å². The van der Waals surface area contributed by atoms with Crippen LogP contribution in [0.3, 0.4) is 0 Å². The average molecular weight is 363 g/mol. The van der Waals surface area contributed by atoms with E-state index in [1.165, 1.54) is 0 Å². The maximum absolute atomic E-state index is 12.2. The lowest BCUT2D eigenvalue weighted by Gasteiger charge is -2.40. The van der Waals surface area contributed by atoms with Gasteiger partial charge in [0.05, 0.1) is 14.2 Å². The summed E-state index contributed by atoms with van der Waals surface area (Å²) in [6.07, 6.45) is -0.605. The molecule has 2 aliphatic rings. The summed E-state index contributed by atoms with van der Waals surface area (Å²) in [5.41, 5.74) is 0.887. The van der Waals surface area contributed by atoms with Crippen LogP contribution in [0.25, 0.3) is 0 Å². The standard InChI is InChI=1S/C17H21N3O6/c1-24-13-4-3-11(5-14(13)25-2)6-18-16(22)19-7-12(8-19)9-20-15(21)10-26-17(20)23/h3-5,12H,6-10H2,1-2H3,(H,18,22). The molecule has 1 aromatic rings. The lowest BCUT2D eigenvalue weighted by molar-refractivity contribution is -0.126. The Labute approximate surface area is 150 Å². The van der Waals surface area contributed by atoms with Crippen molar-refractivity contribution in [2.45, 2.75) is 6.54 Å². The van der Waals surface area contributed by atoms with Gasteiger partial charge in [-0.05, 0) is 17.7 Å². The Hall–Kier alpha value is -2.97. The number of methoxy groups -OCH3 is 2. The maximum atomic E-state index is 12.2. The van der Waals surface area contributed by atoms with Gasteiger partial charge in [0.15, 0.2) is 18.1 Å². The van der Waals surface area contributed by atoms with E-state index in [4.69, 9.17) is 9.47 Å². The Morgan fingerprint density at radius 2 is 1.96 bits per heavy atom. The van der Waals surface area contributed by atoms with Gasteiger partial charge in [-0.2, -0.15) is 0 Å². The van der Waals surface area contributed by atoms with Crippen molar-refractivity contribution >= 4 is 18.0 Å². The SMILES string of the molecule is COc1ccc(CNC(=O)N2CC(CN3C(=O)COC3=O)C2)cc1OC. The average Bonchev–Trinajstić information content (AvgIpc) is 2.93. The van der Waals surface area contributed by atoms with Crippen LogP contribution in [0, 0.1) is 5.92 Å². The third-order valence-electron chi connectivity index (χ3n) is 4.42. The molecular weight excluding hydrogens is 342 g/mol. The molecule has 0 unspecified atom stereocenters. The largest absolute Gasteiger partial charge is 0.493 e. The van der Waals surface area contributed by atoms with Crippen LogP contribution in [0.4, 0.5) is 9.59 Å². The number of likely N-dealkylation sites (tertiary alicyclic amines) is 1. The zero-order valence-electron chi connectivity index (χ0n) is 14.7. The van der Waals surface area contributed by atoms with Crippen LogP contribution in [0.2, 0.25) is 0 Å². The minimum Gasteiger partial charge on any atom is -0.493 e. The fraction of sp³-hybridized carbons (Fsp3) is 0.471. The number of hydrogen-bond donors (Lipinski definition) is 1. The molecule has 9 nitrogen and oxygen atoms in total. The molecule has 0 aromatic heterocycles. The first-order valence-corrected chi connectivity index (χ1v) is 8.22. The highest BCUT2D eigenvalue weighted by molar-refractivity contribution is 5.97. The first-order chi connectivity index (χ1) is 12.5. The minimum atomic E-state index is -0.605. The maximum Gasteiger partial charge on any atom is 0.417 e. The van der Waals surface area contributed by atoms with Gasteiger partial charge in [-0.1, -0.05) is 6.07 Å². The highest BCUT2D eigenvalue weighted by Crippen LogP contribution is 2.27. The first kappa shape index (κ1) is 17.8. The van der Waals surface area contributed by atoms with Crippen LogP contribution in [0.15, 0.2) is 18.2 Å². The molecule has 2 aliphatic heterocycles. The number of hydrogen-bond acceptors (Lipinski definition) is 6. The number of nitrogens with one attached hydrogen (secondary N) is 1. The molecule has 2 saturated heterocycles. The number of benzene rings is 1. The molecule has 0 saturated carbocycles. The predicted octanol–water partition coefficient (Wildman–Crippen LogP) is 0.824. The predicted molar refractivity (Wildman–Crippen MR) is 89.9 cm³/mol. The number of ether oxygens (including phenoxy) is 3. The number of rotatable bonds is 6. The van der Waals surface area contributed by atoms with Crippen molar-refractivity contribution < 1.29 is 28.6 Å². The van der Waals surface area contributed by atoms with Gasteiger partial charge < -0.3 is 24.4 Å². The van der Waals surface area contributed by atoms with Gasteiger partial charge in [-0.3, -0.25) is 4.79 Å². The summed E-state index contributed by atoms with van der Waals surface area (Å²) in [6.45, 7) is 1.44. The first-order valence-electron chi connectivity index (χ1n) is 8.22. The molecule has 9 heteroatoms. The molecule has 0 spiro atoms. The quantitative estimate of drug-likeness (QED) is 0.804. The minimum absolute atomic E-state index is 0.0800. The summed E-state index contributed by atoms with van der Waals surface area (Å²) in [5.74, 6) is 0.983. The van der Waals surface area contributed by atoms with E-state index in [2.05, 4.69) is 10.1 Å². The third-order valence-corrected chi connectivity index (χ3v) is 4.42. The van der Waals surface area contributed by atoms with Gasteiger partial charge in [-0.25, -0.2) is 14.5 Å². The van der Waals surface area contributed by atoms with Crippen molar-refractivity contribution in [3.63, 3.8) is 0 Å². The number of carbonyl (C=O) groups excluding carboxylic acids is 3. The van der Waals surface area contributed by atoms with E-state index in [1.807, 2.05) is 12.1 Å². The molecular formula is C17H21N3O6. The summed E-state index contributed by atoms with van der Waals surface area (Å²) in [7, 11) is 3.12. The van der Waals surface area contributed by atoms with Crippen LogP contribution >= 0.6 is 0 Å². The number of urea groups is 1. The molecule has 3 rings (SSSR count). The summed E-state index contributed by atoms with van der Waals surface area (Å²) in [5, 5.41) is 2.84. The van der Waals surface area contributed by atoms with Crippen LogP contribution in [0.1, 0.15) is 5.56 Å². The van der Waals surface area contributed by atoms with Gasteiger partial charge in [-0.15, -0.1) is 0 Å². The topological polar surface area (TPSA) is 97.4 Å². The van der Waals surface area contributed by atoms with Crippen LogP contribution < -0.4 is 14.8 Å². The Bertz CT molecular complexity index is 700. The summed E-state index contributed by atoms with van der Waals surface area (Å²) in [6, 6.07) is 5.26. The lowest BCUT2D eigenvalue weighted by Crippen LogP contribution is -2.57. The zero-order chi connectivity index (χ0) is 18.7. The lowest BCUT2D eigenvalue weighted by atomic mass is 10.0. The molecule has 0 radical (unpaired) electrons. The number of nitrogens with zero attached hydrogens (tertiary/aromatic N) is 2. The van der Waals surface area contributed by atoms with Gasteiger partial charge in [0.2, 0.25) is 0 Å². The summed E-state index contributed by atoms with van der Waals surface area (Å²) in [4.78, 5) is 37.8. The monoisotopic (exact) mass is 363 g/mol. The van der Waals surface area contributed by atoms with Crippen LogP contribution in [-0.2, 0) is 16.1 Å². The van der Waals surface area contributed by atoms with Gasteiger partial charge in [0, 0.05) is 32.1 Å². The molecule has 0 atom stereocenters. The molecule has 2 fully saturated rings. The van der Waals surface area contributed by atoms with Crippen LogP contribution in [-0.4, -0.2) is 68.3 Å². The molecule has 4 amide bonds. The van der Waals surface area contributed by atoms with Crippen molar-refractivity contribution in [2.75, 3.05) is 40.5 Å². The van der Waals surface area contributed by atoms with E-state index in [-0.39, 0.29) is 31.0 Å². The Balaban J connectivity index is 1.44. The Kier molecular flexibility index (Phi) is 5.15. The zero-order valence-corrected chi connectivity index (χ0v) is 14.7. The molecule has 1 aromatic carbocycles. The number of amides is 4. The molecule has 0 aliphatic carbocycles. The van der Waals surface area contributed by atoms with Gasteiger partial charge >= 0.3 is 12.1 Å². The van der Waals surface area contributed by atoms with E-state index in [1.54, 1.807) is 25.2 Å². The highest BCUT2D eigenvalue weighted by Gasteiger charge is 2.38. The van der Waals surface area contributed by atoms with E-state index >= 15 is 0 Å². The van der Waals surface area contributed by atoms with E-state index in [9.17, 15) is 14.4 Å². The van der Waals surface area contributed by atoms with Gasteiger partial charge in [0.1, 0.15) is 0 Å². The molecule has 140 valence electrons. The van der Waals surface area contributed by atoms with Gasteiger partial charge in [0.25, 0.3) is 5.91 Å². The second kappa shape index (κ2) is 7.51. The molecule has 1 N–H and O–H groups in total. The van der Waals surface area contributed by atoms with E-state index < -0.39 is 6.09 Å². The normalized spacial score (nSPS) is 17.0. The second-order valence-electron chi connectivity index (χ2n) is 6.18. The highest BCUT2D eigenvalue weighted by atomic mass is 16.6. The summed E-state index contributed by atoms with van der Waals surface area (Å²) < 4.78 is 15.1. The third kappa shape index (κ3) is 3.66. The molecule has 26 heavy (non-hydrogen) atoms. The van der Waals surface area contributed by atoms with Crippen molar-refractivity contribution in [3.05, 3.63) is 23.8 Å². The number of imide groups is 1. The van der Waals surface area contributed by atoms with E-state index in [0.717, 1.165) is 10.5 Å².